The van der Waals surface area contributed by atoms with Gasteiger partial charge < -0.3 is 9.64 Å². The van der Waals surface area contributed by atoms with E-state index in [2.05, 4.69) is 9.72 Å². The largest absolute Gasteiger partial charge is 0.465 e. The third kappa shape index (κ3) is 2.98. The van der Waals surface area contributed by atoms with Crippen molar-refractivity contribution in [3.8, 4) is 0 Å². The normalized spacial score (nSPS) is 18.2. The average molecular weight is 294 g/mol. The summed E-state index contributed by atoms with van der Waals surface area (Å²) >= 11 is 1.15. The molecule has 1 atom stereocenters. The Bertz CT molecular complexity index is 561. The number of hydrogen-bond donors (Lipinski definition) is 0. The molecule has 0 spiro atoms. The summed E-state index contributed by atoms with van der Waals surface area (Å²) in [5, 5.41) is -0.105. The topological polar surface area (TPSA) is 76.6 Å². The summed E-state index contributed by atoms with van der Waals surface area (Å²) in [6, 6.07) is 1.60. The number of amides is 1. The number of esters is 1. The van der Waals surface area contributed by atoms with Crippen LogP contribution in [0.15, 0.2) is 18.5 Å². The fourth-order valence-corrected chi connectivity index (χ4v) is 3.03. The average Bonchev–Trinajstić information content (AvgIpc) is 2.77. The number of aromatic nitrogens is 1. The molecule has 1 aliphatic rings. The fraction of sp³-hybridized carbons (Fsp3) is 0.385. The second-order valence-corrected chi connectivity index (χ2v) is 5.80. The maximum atomic E-state index is 12.1. The van der Waals surface area contributed by atoms with Gasteiger partial charge in [-0.3, -0.25) is 14.6 Å². The van der Waals surface area contributed by atoms with E-state index in [1.165, 1.54) is 31.3 Å². The van der Waals surface area contributed by atoms with Crippen molar-refractivity contribution in [2.45, 2.75) is 18.6 Å². The number of pyridine rings is 1. The summed E-state index contributed by atoms with van der Waals surface area (Å²) in [4.78, 5) is 40.3. The van der Waals surface area contributed by atoms with Crippen molar-refractivity contribution >= 4 is 34.4 Å². The molecule has 0 bridgehead atoms. The Morgan fingerprint density at radius 2 is 2.25 bits per heavy atom. The highest BCUT2D eigenvalue weighted by molar-refractivity contribution is 8.14. The molecule has 1 unspecified atom stereocenters. The van der Waals surface area contributed by atoms with Crippen molar-refractivity contribution in [2.24, 2.45) is 0 Å². The number of methoxy groups -OCH3 is 1. The minimum absolute atomic E-state index is 0.0208. The van der Waals surface area contributed by atoms with Gasteiger partial charge in [-0.1, -0.05) is 11.8 Å². The van der Waals surface area contributed by atoms with Gasteiger partial charge >= 0.3 is 5.97 Å². The quantitative estimate of drug-likeness (QED) is 0.781. The molecule has 7 heteroatoms. The Hall–Kier alpha value is -1.89. The van der Waals surface area contributed by atoms with Gasteiger partial charge in [0.15, 0.2) is 5.12 Å². The highest BCUT2D eigenvalue weighted by Gasteiger charge is 2.33. The summed E-state index contributed by atoms with van der Waals surface area (Å²) < 4.78 is 4.69. The van der Waals surface area contributed by atoms with E-state index in [1.807, 2.05) is 0 Å². The van der Waals surface area contributed by atoms with Crippen LogP contribution in [0.4, 0.5) is 5.69 Å². The first-order valence-electron chi connectivity index (χ1n) is 6.03. The SMILES string of the molecule is COC(=O)c1cnccc1N1CC(SC(C)=O)CC1=O. The van der Waals surface area contributed by atoms with Crippen LogP contribution in [0.2, 0.25) is 0 Å². The molecule has 0 saturated carbocycles. The molecule has 2 heterocycles. The Morgan fingerprint density at radius 3 is 2.90 bits per heavy atom. The molecule has 1 saturated heterocycles. The molecule has 1 aliphatic heterocycles. The third-order valence-electron chi connectivity index (χ3n) is 2.92. The van der Waals surface area contributed by atoms with E-state index in [0.717, 1.165) is 11.8 Å². The Morgan fingerprint density at radius 1 is 1.50 bits per heavy atom. The molecular weight excluding hydrogens is 280 g/mol. The molecule has 1 aromatic heterocycles. The lowest BCUT2D eigenvalue weighted by atomic mass is 10.2. The number of carbonyl (C=O) groups excluding carboxylic acids is 3. The van der Waals surface area contributed by atoms with Gasteiger partial charge in [-0.2, -0.15) is 0 Å². The first kappa shape index (κ1) is 14.5. The lowest BCUT2D eigenvalue weighted by Gasteiger charge is -2.18. The number of thioether (sulfide) groups is 1. The molecule has 106 valence electrons. The first-order valence-corrected chi connectivity index (χ1v) is 6.90. The predicted octanol–water partition coefficient (Wildman–Crippen LogP) is 1.25. The molecular formula is C13H14N2O4S. The summed E-state index contributed by atoms with van der Waals surface area (Å²) in [5.74, 6) is -0.649. The summed E-state index contributed by atoms with van der Waals surface area (Å²) in [6.45, 7) is 1.88. The zero-order valence-electron chi connectivity index (χ0n) is 11.2. The minimum atomic E-state index is -0.538. The summed E-state index contributed by atoms with van der Waals surface area (Å²) in [7, 11) is 1.28. The second-order valence-electron chi connectivity index (χ2n) is 4.32. The number of nitrogens with zero attached hydrogens (tertiary/aromatic N) is 2. The molecule has 1 aromatic rings. The van der Waals surface area contributed by atoms with Gasteiger partial charge in [-0.25, -0.2) is 4.79 Å². The molecule has 0 aliphatic carbocycles. The lowest BCUT2D eigenvalue weighted by molar-refractivity contribution is -0.117. The number of hydrogen-bond acceptors (Lipinski definition) is 6. The number of carbonyl (C=O) groups is 3. The van der Waals surface area contributed by atoms with Crippen molar-refractivity contribution in [3.63, 3.8) is 0 Å². The van der Waals surface area contributed by atoms with Gasteiger partial charge in [0.1, 0.15) is 5.56 Å². The monoisotopic (exact) mass is 294 g/mol. The second kappa shape index (κ2) is 6.04. The van der Waals surface area contributed by atoms with Crippen LogP contribution in [0, 0.1) is 0 Å². The number of anilines is 1. The van der Waals surface area contributed by atoms with Crippen molar-refractivity contribution in [3.05, 3.63) is 24.0 Å². The summed E-state index contributed by atoms with van der Waals surface area (Å²) in [5.41, 5.74) is 0.723. The first-order chi connectivity index (χ1) is 9.52. The van der Waals surface area contributed by atoms with E-state index < -0.39 is 5.97 Å². The van der Waals surface area contributed by atoms with Gasteiger partial charge in [0.2, 0.25) is 5.91 Å². The number of rotatable bonds is 3. The van der Waals surface area contributed by atoms with Gasteiger partial charge in [-0.15, -0.1) is 0 Å². The van der Waals surface area contributed by atoms with Crippen LogP contribution in [0.25, 0.3) is 0 Å². The van der Waals surface area contributed by atoms with Crippen LogP contribution < -0.4 is 4.90 Å². The van der Waals surface area contributed by atoms with E-state index in [4.69, 9.17) is 0 Å². The van der Waals surface area contributed by atoms with Crippen LogP contribution in [-0.4, -0.2) is 40.9 Å². The van der Waals surface area contributed by atoms with Crippen LogP contribution in [0.1, 0.15) is 23.7 Å². The van der Waals surface area contributed by atoms with Crippen molar-refractivity contribution < 1.29 is 19.1 Å². The van der Waals surface area contributed by atoms with Crippen molar-refractivity contribution in [2.75, 3.05) is 18.6 Å². The molecule has 2 rings (SSSR count). The molecule has 20 heavy (non-hydrogen) atoms. The molecule has 0 radical (unpaired) electrons. The number of ether oxygens (including phenoxy) is 1. The van der Waals surface area contributed by atoms with Gasteiger partial charge in [0.25, 0.3) is 0 Å². The third-order valence-corrected chi connectivity index (χ3v) is 3.90. The zero-order chi connectivity index (χ0) is 14.7. The summed E-state index contributed by atoms with van der Waals surface area (Å²) in [6.07, 6.45) is 3.17. The van der Waals surface area contributed by atoms with E-state index in [0.29, 0.717) is 12.2 Å². The highest BCUT2D eigenvalue weighted by Crippen LogP contribution is 2.30. The maximum absolute atomic E-state index is 12.1. The van der Waals surface area contributed by atoms with Gasteiger partial charge in [0, 0.05) is 37.5 Å². The minimum Gasteiger partial charge on any atom is -0.465 e. The highest BCUT2D eigenvalue weighted by atomic mass is 32.2. The Kier molecular flexibility index (Phi) is 4.39. The van der Waals surface area contributed by atoms with E-state index >= 15 is 0 Å². The van der Waals surface area contributed by atoms with Crippen LogP contribution in [0.5, 0.6) is 0 Å². The standard InChI is InChI=1S/C13H14N2O4S/c1-8(16)20-9-5-12(17)15(7-9)11-3-4-14-6-10(11)13(18)19-2/h3-4,6,9H,5,7H2,1-2H3. The Labute approximate surface area is 120 Å². The molecule has 1 amide bonds. The maximum Gasteiger partial charge on any atom is 0.341 e. The van der Waals surface area contributed by atoms with E-state index in [9.17, 15) is 14.4 Å². The predicted molar refractivity (Wildman–Crippen MR) is 74.6 cm³/mol. The molecule has 1 fully saturated rings. The molecule has 0 N–H and O–H groups in total. The van der Waals surface area contributed by atoms with E-state index in [-0.39, 0.29) is 28.3 Å². The fourth-order valence-electron chi connectivity index (χ4n) is 2.11. The molecule has 6 nitrogen and oxygen atoms in total. The van der Waals surface area contributed by atoms with E-state index in [1.54, 1.807) is 6.07 Å². The van der Waals surface area contributed by atoms with Crippen LogP contribution in [-0.2, 0) is 14.3 Å². The van der Waals surface area contributed by atoms with Crippen molar-refractivity contribution in [1.29, 1.82) is 0 Å². The van der Waals surface area contributed by atoms with Gasteiger partial charge in [-0.05, 0) is 6.07 Å². The van der Waals surface area contributed by atoms with Crippen molar-refractivity contribution in [1.82, 2.24) is 4.98 Å². The van der Waals surface area contributed by atoms with Crippen LogP contribution >= 0.6 is 11.8 Å². The lowest BCUT2D eigenvalue weighted by Crippen LogP contribution is -2.27. The van der Waals surface area contributed by atoms with Crippen LogP contribution in [0.3, 0.4) is 0 Å². The zero-order valence-corrected chi connectivity index (χ0v) is 12.0. The molecule has 0 aromatic carbocycles. The van der Waals surface area contributed by atoms with Gasteiger partial charge in [0.05, 0.1) is 12.8 Å². The smallest absolute Gasteiger partial charge is 0.341 e. The Balaban J connectivity index is 2.26.